The van der Waals surface area contributed by atoms with E-state index in [1.54, 1.807) is 0 Å². The normalized spacial score (nSPS) is 20.1. The van der Waals surface area contributed by atoms with Gasteiger partial charge >= 0.3 is 0 Å². The molecule has 5 nitrogen and oxygen atoms in total. The number of likely N-dealkylation sites (tertiary alicyclic amines) is 2. The van der Waals surface area contributed by atoms with Crippen LogP contribution < -0.4 is 0 Å². The van der Waals surface area contributed by atoms with Gasteiger partial charge in [0.1, 0.15) is 0 Å². The van der Waals surface area contributed by atoms with Crippen molar-refractivity contribution >= 4 is 12.3 Å². The molecular weight excluding hydrogens is 304 g/mol. The molecule has 0 atom stereocenters. The van der Waals surface area contributed by atoms with Gasteiger partial charge in [-0.1, -0.05) is 34.6 Å². The van der Waals surface area contributed by atoms with Gasteiger partial charge in [0.05, 0.1) is 12.2 Å². The molecular formula is C19H36N2O3. The highest BCUT2D eigenvalue weighted by Crippen LogP contribution is 2.21. The molecule has 0 aliphatic carbocycles. The van der Waals surface area contributed by atoms with E-state index in [0.29, 0.717) is 0 Å². The number of piperidine rings is 2. The molecule has 0 bridgehead atoms. The lowest BCUT2D eigenvalue weighted by Crippen LogP contribution is -2.44. The SMILES string of the molecule is CC(C)C.CC(C)C(=O)N1CCC(OC2CCN(C=O)CC2)CC1. The summed E-state index contributed by atoms with van der Waals surface area (Å²) in [6.07, 6.45) is 5.22. The molecule has 2 rings (SSSR count). The predicted octanol–water partition coefficient (Wildman–Crippen LogP) is 2.93. The molecule has 2 aliphatic heterocycles. The maximum absolute atomic E-state index is 11.9. The Balaban J connectivity index is 0.000000648. The van der Waals surface area contributed by atoms with Gasteiger partial charge in [0, 0.05) is 32.1 Å². The summed E-state index contributed by atoms with van der Waals surface area (Å²) < 4.78 is 6.13. The number of ether oxygens (including phenoxy) is 1. The largest absolute Gasteiger partial charge is 0.375 e. The molecule has 2 fully saturated rings. The van der Waals surface area contributed by atoms with E-state index in [-0.39, 0.29) is 24.0 Å². The summed E-state index contributed by atoms with van der Waals surface area (Å²) in [6.45, 7) is 13.6. The monoisotopic (exact) mass is 340 g/mol. The molecule has 0 unspecified atom stereocenters. The molecule has 0 spiro atoms. The fourth-order valence-electron chi connectivity index (χ4n) is 2.97. The second kappa shape index (κ2) is 10.7. The van der Waals surface area contributed by atoms with Gasteiger partial charge in [0.15, 0.2) is 0 Å². The summed E-state index contributed by atoms with van der Waals surface area (Å²) in [6, 6.07) is 0. The highest BCUT2D eigenvalue weighted by atomic mass is 16.5. The maximum Gasteiger partial charge on any atom is 0.225 e. The van der Waals surface area contributed by atoms with Crippen LogP contribution in [0.4, 0.5) is 0 Å². The van der Waals surface area contributed by atoms with Gasteiger partial charge in [-0.05, 0) is 31.6 Å². The Morgan fingerprint density at radius 1 is 0.917 bits per heavy atom. The summed E-state index contributed by atoms with van der Waals surface area (Å²) in [5.74, 6) is 1.17. The second-order valence-corrected chi connectivity index (χ2v) is 7.89. The minimum atomic E-state index is 0.0835. The molecule has 2 saturated heterocycles. The molecule has 0 aromatic heterocycles. The van der Waals surface area contributed by atoms with E-state index in [1.165, 1.54) is 0 Å². The molecule has 5 heteroatoms. The molecule has 2 aliphatic rings. The summed E-state index contributed by atoms with van der Waals surface area (Å²) in [5.41, 5.74) is 0. The number of carbonyl (C=O) groups excluding carboxylic acids is 2. The second-order valence-electron chi connectivity index (χ2n) is 7.89. The minimum absolute atomic E-state index is 0.0835. The third-order valence-corrected chi connectivity index (χ3v) is 4.26. The van der Waals surface area contributed by atoms with Crippen LogP contribution in [-0.2, 0) is 14.3 Å². The van der Waals surface area contributed by atoms with Crippen LogP contribution in [0.15, 0.2) is 0 Å². The average molecular weight is 341 g/mol. The lowest BCUT2D eigenvalue weighted by Gasteiger charge is -2.36. The first-order valence-corrected chi connectivity index (χ1v) is 9.47. The van der Waals surface area contributed by atoms with Crippen molar-refractivity contribution in [2.45, 2.75) is 72.5 Å². The van der Waals surface area contributed by atoms with Gasteiger partial charge in [0.2, 0.25) is 12.3 Å². The minimum Gasteiger partial charge on any atom is -0.375 e. The van der Waals surface area contributed by atoms with E-state index >= 15 is 0 Å². The zero-order valence-corrected chi connectivity index (χ0v) is 16.2. The van der Waals surface area contributed by atoms with E-state index in [0.717, 1.165) is 64.2 Å². The van der Waals surface area contributed by atoms with Gasteiger partial charge in [-0.25, -0.2) is 0 Å². The first-order chi connectivity index (χ1) is 11.3. The highest BCUT2D eigenvalue weighted by molar-refractivity contribution is 5.78. The van der Waals surface area contributed by atoms with Crippen LogP contribution in [0.3, 0.4) is 0 Å². The molecule has 0 aromatic carbocycles. The Morgan fingerprint density at radius 2 is 1.33 bits per heavy atom. The van der Waals surface area contributed by atoms with Crippen molar-refractivity contribution in [2.75, 3.05) is 26.2 Å². The standard InChI is InChI=1S/C15H26N2O3.C4H10/c1-12(2)15(19)17-9-5-14(6-10-17)20-13-3-7-16(11-18)8-4-13;1-4(2)3/h11-14H,3-10H2,1-2H3;4H,1-3H3. The summed E-state index contributed by atoms with van der Waals surface area (Å²) in [5, 5.41) is 0. The number of amides is 2. The van der Waals surface area contributed by atoms with Crippen molar-refractivity contribution in [1.82, 2.24) is 9.80 Å². The van der Waals surface area contributed by atoms with E-state index in [4.69, 9.17) is 4.74 Å². The fourth-order valence-corrected chi connectivity index (χ4v) is 2.97. The zero-order chi connectivity index (χ0) is 18.1. The molecule has 2 amide bonds. The Bertz CT molecular complexity index is 366. The van der Waals surface area contributed by atoms with Crippen molar-refractivity contribution in [3.8, 4) is 0 Å². The van der Waals surface area contributed by atoms with E-state index in [2.05, 4.69) is 20.8 Å². The highest BCUT2D eigenvalue weighted by Gasteiger charge is 2.27. The van der Waals surface area contributed by atoms with E-state index < -0.39 is 0 Å². The average Bonchev–Trinajstić information content (AvgIpc) is 2.55. The molecule has 2 heterocycles. The molecule has 0 N–H and O–H groups in total. The molecule has 0 saturated carbocycles. The lowest BCUT2D eigenvalue weighted by atomic mass is 10.0. The van der Waals surface area contributed by atoms with Crippen LogP contribution in [-0.4, -0.2) is 60.5 Å². The summed E-state index contributed by atoms with van der Waals surface area (Å²) >= 11 is 0. The van der Waals surface area contributed by atoms with Gasteiger partial charge in [-0.2, -0.15) is 0 Å². The Hall–Kier alpha value is -1.10. The molecule has 0 aromatic rings. The van der Waals surface area contributed by atoms with Crippen molar-refractivity contribution in [1.29, 1.82) is 0 Å². The Morgan fingerprint density at radius 3 is 1.71 bits per heavy atom. The maximum atomic E-state index is 11.9. The number of rotatable bonds is 4. The lowest BCUT2D eigenvalue weighted by molar-refractivity contribution is -0.138. The number of hydrogen-bond donors (Lipinski definition) is 0. The fraction of sp³-hybridized carbons (Fsp3) is 0.895. The first kappa shape index (κ1) is 20.9. The molecule has 140 valence electrons. The van der Waals surface area contributed by atoms with Gasteiger partial charge in [-0.15, -0.1) is 0 Å². The van der Waals surface area contributed by atoms with Crippen LogP contribution in [0.5, 0.6) is 0 Å². The summed E-state index contributed by atoms with van der Waals surface area (Å²) in [4.78, 5) is 26.3. The number of carbonyl (C=O) groups is 2. The van der Waals surface area contributed by atoms with Gasteiger partial charge in [-0.3, -0.25) is 9.59 Å². The van der Waals surface area contributed by atoms with Gasteiger partial charge in [0.25, 0.3) is 0 Å². The smallest absolute Gasteiger partial charge is 0.225 e. The van der Waals surface area contributed by atoms with Crippen molar-refractivity contribution in [2.24, 2.45) is 11.8 Å². The number of nitrogens with zero attached hydrogens (tertiary/aromatic N) is 2. The molecule has 24 heavy (non-hydrogen) atoms. The molecule has 0 radical (unpaired) electrons. The van der Waals surface area contributed by atoms with Crippen LogP contribution >= 0.6 is 0 Å². The zero-order valence-electron chi connectivity index (χ0n) is 16.2. The quantitative estimate of drug-likeness (QED) is 0.739. The van der Waals surface area contributed by atoms with Crippen molar-refractivity contribution < 1.29 is 14.3 Å². The third kappa shape index (κ3) is 7.65. The topological polar surface area (TPSA) is 49.9 Å². The van der Waals surface area contributed by atoms with E-state index in [9.17, 15) is 9.59 Å². The third-order valence-electron chi connectivity index (χ3n) is 4.26. The van der Waals surface area contributed by atoms with Crippen LogP contribution in [0.1, 0.15) is 60.3 Å². The first-order valence-electron chi connectivity index (χ1n) is 9.47. The Labute approximate surface area is 147 Å². The van der Waals surface area contributed by atoms with Crippen molar-refractivity contribution in [3.63, 3.8) is 0 Å². The van der Waals surface area contributed by atoms with Gasteiger partial charge < -0.3 is 14.5 Å². The predicted molar refractivity (Wildman–Crippen MR) is 96.7 cm³/mol. The summed E-state index contributed by atoms with van der Waals surface area (Å²) in [7, 11) is 0. The van der Waals surface area contributed by atoms with Crippen LogP contribution in [0.25, 0.3) is 0 Å². The van der Waals surface area contributed by atoms with E-state index in [1.807, 2.05) is 23.6 Å². The van der Waals surface area contributed by atoms with Crippen LogP contribution in [0.2, 0.25) is 0 Å². The van der Waals surface area contributed by atoms with Crippen molar-refractivity contribution in [3.05, 3.63) is 0 Å². The number of hydrogen-bond acceptors (Lipinski definition) is 3. The van der Waals surface area contributed by atoms with Crippen LogP contribution in [0, 0.1) is 11.8 Å². The Kier molecular flexibility index (Phi) is 9.34.